The number of carboxylic acid groups (broad SMARTS) is 1. The lowest BCUT2D eigenvalue weighted by Gasteiger charge is -2.49. The number of amides is 3. The van der Waals surface area contributed by atoms with Crippen molar-refractivity contribution in [2.24, 2.45) is 10.9 Å². The first-order valence-corrected chi connectivity index (χ1v) is 13.1. The predicted molar refractivity (Wildman–Crippen MR) is 137 cm³/mol. The summed E-state index contributed by atoms with van der Waals surface area (Å²) in [5, 5.41) is 15.6. The van der Waals surface area contributed by atoms with Gasteiger partial charge in [0.2, 0.25) is 11.5 Å². The highest BCUT2D eigenvalue weighted by Gasteiger charge is 2.54. The van der Waals surface area contributed by atoms with Crippen molar-refractivity contribution in [2.45, 2.75) is 25.3 Å². The van der Waals surface area contributed by atoms with Gasteiger partial charge in [0, 0.05) is 17.3 Å². The molecule has 6 N–H and O–H groups in total. The van der Waals surface area contributed by atoms with Crippen molar-refractivity contribution in [3.63, 3.8) is 0 Å². The Balaban J connectivity index is 1.77. The molecule has 3 amide bonds. The Morgan fingerprint density at radius 3 is 2.59 bits per heavy atom. The normalized spacial score (nSPS) is 20.0. The van der Waals surface area contributed by atoms with E-state index in [1.54, 1.807) is 12.2 Å². The number of quaternary nitrogens is 1. The molecule has 1 fully saturated rings. The number of anilines is 1. The number of nitrogen functional groups attached to an aromatic ring is 1. The van der Waals surface area contributed by atoms with Gasteiger partial charge >= 0.3 is 5.97 Å². The number of carbonyl (C=O) groups excluding carboxylic acids is 3. The van der Waals surface area contributed by atoms with Crippen molar-refractivity contribution in [1.82, 2.24) is 19.6 Å². The van der Waals surface area contributed by atoms with Crippen molar-refractivity contribution < 1.29 is 33.6 Å². The second-order valence-corrected chi connectivity index (χ2v) is 10.2. The van der Waals surface area contributed by atoms with Gasteiger partial charge in [-0.25, -0.2) is 4.79 Å². The van der Waals surface area contributed by atoms with Crippen LogP contribution in [0.4, 0.5) is 5.13 Å². The van der Waals surface area contributed by atoms with Crippen molar-refractivity contribution in [3.05, 3.63) is 29.2 Å². The molecule has 200 valence electrons. The first-order valence-electron chi connectivity index (χ1n) is 11.3. The molecule has 2 aliphatic rings. The van der Waals surface area contributed by atoms with Gasteiger partial charge in [-0.1, -0.05) is 11.2 Å². The Morgan fingerprint density at radius 1 is 1.35 bits per heavy atom. The molecule has 37 heavy (non-hydrogen) atoms. The fraction of sp³-hybridized carbons (Fsp3) is 0.476. The Bertz CT molecular complexity index is 1180. The minimum Gasteiger partial charge on any atom is -0.477 e. The number of hydrogen-bond acceptors (Lipinski definition) is 11. The molecule has 1 aromatic rings. The monoisotopic (exact) mass is 553 g/mol. The van der Waals surface area contributed by atoms with Gasteiger partial charge in [-0.15, -0.1) is 11.8 Å². The van der Waals surface area contributed by atoms with E-state index in [1.807, 2.05) is 13.8 Å². The van der Waals surface area contributed by atoms with Crippen LogP contribution in [0.1, 0.15) is 19.7 Å². The first kappa shape index (κ1) is 28.1. The number of aliphatic carboxylic acids is 1. The minimum atomic E-state index is -1.25. The largest absolute Gasteiger partial charge is 0.477 e. The van der Waals surface area contributed by atoms with E-state index in [9.17, 15) is 24.3 Å². The van der Waals surface area contributed by atoms with E-state index in [2.05, 4.69) is 19.8 Å². The van der Waals surface area contributed by atoms with Crippen LogP contribution in [0.3, 0.4) is 0 Å². The summed E-state index contributed by atoms with van der Waals surface area (Å²) in [6.45, 7) is 5.91. The van der Waals surface area contributed by atoms with Crippen LogP contribution in [-0.4, -0.2) is 104 Å². The molecule has 0 radical (unpaired) electrons. The Hall–Kier alpha value is -3.50. The zero-order valence-electron chi connectivity index (χ0n) is 20.5. The smallest absolute Gasteiger partial charge is 0.352 e. The average Bonchev–Trinajstić information content (AvgIpc) is 3.29. The summed E-state index contributed by atoms with van der Waals surface area (Å²) < 4.78 is 4.37. The lowest BCUT2D eigenvalue weighted by Crippen LogP contribution is -2.71. The van der Waals surface area contributed by atoms with Crippen molar-refractivity contribution in [2.75, 3.05) is 44.8 Å². The van der Waals surface area contributed by atoms with E-state index in [0.717, 1.165) is 11.5 Å². The maximum Gasteiger partial charge on any atom is 0.352 e. The molecule has 2 atom stereocenters. The highest BCUT2D eigenvalue weighted by atomic mass is 32.2. The second-order valence-electron chi connectivity index (χ2n) is 8.30. The predicted octanol–water partition coefficient (Wildman–Crippen LogP) is -0.892. The zero-order valence-corrected chi connectivity index (χ0v) is 22.2. The second kappa shape index (κ2) is 11.7. The van der Waals surface area contributed by atoms with Gasteiger partial charge in [-0.3, -0.25) is 19.3 Å². The van der Waals surface area contributed by atoms with Crippen LogP contribution in [0.25, 0.3) is 0 Å². The van der Waals surface area contributed by atoms with Gasteiger partial charge in [-0.05, 0) is 25.5 Å². The number of β-lactam (4-membered cyclic amide) rings is 1. The number of aromatic nitrogens is 2. The average molecular weight is 554 g/mol. The summed E-state index contributed by atoms with van der Waals surface area (Å²) in [6, 6.07) is -0.976. The van der Waals surface area contributed by atoms with Crippen LogP contribution in [0.15, 0.2) is 28.6 Å². The molecule has 0 saturated carbocycles. The number of rotatable bonds is 12. The molecular formula is C21H29N8O6S2+. The van der Waals surface area contributed by atoms with Gasteiger partial charge in [-0.2, -0.15) is 9.36 Å². The first-order chi connectivity index (χ1) is 17.6. The number of nitrogens with zero attached hydrogens (tertiary/aromatic N) is 5. The molecule has 1 aromatic heterocycles. The quantitative estimate of drug-likeness (QED) is 0.109. The van der Waals surface area contributed by atoms with Gasteiger partial charge in [0.15, 0.2) is 11.7 Å². The number of oxime groups is 1. The van der Waals surface area contributed by atoms with Crippen LogP contribution in [0.5, 0.6) is 0 Å². The molecule has 1 saturated heterocycles. The number of likely N-dealkylation sites (N-methyl/N-ethyl adjacent to an activating group) is 1. The zero-order chi connectivity index (χ0) is 27.3. The minimum absolute atomic E-state index is 0.0507. The van der Waals surface area contributed by atoms with E-state index in [-0.39, 0.29) is 28.9 Å². The molecule has 2 aliphatic heterocycles. The van der Waals surface area contributed by atoms with E-state index in [0.29, 0.717) is 35.4 Å². The molecule has 16 heteroatoms. The van der Waals surface area contributed by atoms with Crippen LogP contribution in [-0.2, 0) is 24.0 Å². The Labute approximate surface area is 221 Å². The van der Waals surface area contributed by atoms with Gasteiger partial charge in [0.1, 0.15) is 24.2 Å². The SMILES string of the molecule is CC[N+](CC)(CC=CC1=C(C(=O)O)N2C(=O)[C@@H](NC(=O)C(=NOC)c3nsc(N)n3)[C@@H]2SC1)CC(N)=O. The molecular weight excluding hydrogens is 524 g/mol. The number of carbonyl (C=O) groups is 4. The molecule has 0 aromatic carbocycles. The standard InChI is InChI=1S/C21H28N8O6S2/c1-4-29(5-2,9-12(22)30)8-6-7-11-10-36-19-14(18(32)28(19)15(11)20(33)34)24-17(31)13(26-35-3)16-25-21(23)37-27-16/h6-7,14,19H,4-5,8-10H2,1-3H3,(H5-,22,23,24,25,27,30,31,33,34)/p+1/t14-,19+/m1/s1. The van der Waals surface area contributed by atoms with Crippen molar-refractivity contribution >= 4 is 57.8 Å². The lowest BCUT2D eigenvalue weighted by atomic mass is 10.0. The van der Waals surface area contributed by atoms with Gasteiger partial charge < -0.3 is 31.2 Å². The number of hydrogen-bond donors (Lipinski definition) is 4. The summed E-state index contributed by atoms with van der Waals surface area (Å²) in [7, 11) is 1.24. The molecule has 0 aliphatic carbocycles. The number of nitrogens with two attached hydrogens (primary N) is 2. The number of thioether (sulfide) groups is 1. The van der Waals surface area contributed by atoms with Crippen LogP contribution in [0.2, 0.25) is 0 Å². The number of carboxylic acids is 1. The fourth-order valence-corrected chi connectivity index (χ4v) is 5.86. The number of nitrogens with one attached hydrogen (secondary N) is 1. The van der Waals surface area contributed by atoms with Gasteiger partial charge in [0.05, 0.1) is 19.6 Å². The summed E-state index contributed by atoms with van der Waals surface area (Å²) in [5.74, 6) is -2.74. The highest BCUT2D eigenvalue weighted by molar-refractivity contribution is 8.00. The van der Waals surface area contributed by atoms with Crippen LogP contribution in [0, 0.1) is 0 Å². The van der Waals surface area contributed by atoms with E-state index in [4.69, 9.17) is 16.3 Å². The maximum atomic E-state index is 13.0. The molecule has 14 nitrogen and oxygen atoms in total. The topological polar surface area (TPSA) is 203 Å². The van der Waals surface area contributed by atoms with E-state index >= 15 is 0 Å². The lowest BCUT2D eigenvalue weighted by molar-refractivity contribution is -0.911. The molecule has 0 spiro atoms. The molecule has 3 heterocycles. The third-order valence-electron chi connectivity index (χ3n) is 6.18. The third kappa shape index (κ3) is 5.91. The van der Waals surface area contributed by atoms with Crippen molar-refractivity contribution in [1.29, 1.82) is 0 Å². The van der Waals surface area contributed by atoms with Gasteiger partial charge in [0.25, 0.3) is 17.7 Å². The molecule has 3 rings (SSSR count). The van der Waals surface area contributed by atoms with Crippen LogP contribution < -0.4 is 16.8 Å². The van der Waals surface area contributed by atoms with Crippen molar-refractivity contribution in [3.8, 4) is 0 Å². The fourth-order valence-electron chi connectivity index (χ4n) is 4.11. The van der Waals surface area contributed by atoms with E-state index < -0.39 is 35.1 Å². The maximum absolute atomic E-state index is 13.0. The molecule has 0 unspecified atom stereocenters. The third-order valence-corrected chi connectivity index (χ3v) is 8.03. The summed E-state index contributed by atoms with van der Waals surface area (Å²) >= 11 is 2.19. The number of primary amides is 1. The summed E-state index contributed by atoms with van der Waals surface area (Å²) in [5.41, 5.74) is 11.0. The Morgan fingerprint density at radius 2 is 2.05 bits per heavy atom. The number of fused-ring (bicyclic) bond motifs is 1. The van der Waals surface area contributed by atoms with E-state index in [1.165, 1.54) is 23.8 Å². The highest BCUT2D eigenvalue weighted by Crippen LogP contribution is 2.40. The molecule has 0 bridgehead atoms. The Kier molecular flexibility index (Phi) is 8.88. The van der Waals surface area contributed by atoms with Crippen LogP contribution >= 0.6 is 23.3 Å². The summed E-state index contributed by atoms with van der Waals surface area (Å²) in [6.07, 6.45) is 3.48. The summed E-state index contributed by atoms with van der Waals surface area (Å²) in [4.78, 5) is 59.2. The number of allylic oxidation sites excluding steroid dienone is 1.